The molecule has 1 fully saturated rings. The van der Waals surface area contributed by atoms with Crippen LogP contribution in [0.25, 0.3) is 0 Å². The minimum absolute atomic E-state index is 0. The second-order valence-electron chi connectivity index (χ2n) is 6.99. The van der Waals surface area contributed by atoms with Gasteiger partial charge in [0.2, 0.25) is 0 Å². The summed E-state index contributed by atoms with van der Waals surface area (Å²) in [4.78, 5) is 32.5. The van der Waals surface area contributed by atoms with Crippen LogP contribution in [0.3, 0.4) is 0 Å². The molecule has 0 bridgehead atoms. The summed E-state index contributed by atoms with van der Waals surface area (Å²) in [6.07, 6.45) is 3.20. The SMILES string of the molecule is C=CC(=O)OCC1CCC(OC(=O)C(C)CC)C(O)C1.CCC(C)C(=O)[O-].[Na+]. The molecule has 156 valence electrons. The zero-order chi connectivity index (χ0) is 21.0. The van der Waals surface area contributed by atoms with Crippen LogP contribution < -0.4 is 34.7 Å². The largest absolute Gasteiger partial charge is 1.00 e. The number of aliphatic hydroxyl groups is 1. The van der Waals surface area contributed by atoms with E-state index in [0.717, 1.165) is 18.9 Å². The van der Waals surface area contributed by atoms with Gasteiger partial charge < -0.3 is 24.5 Å². The Labute approximate surface area is 190 Å². The summed E-state index contributed by atoms with van der Waals surface area (Å²) in [5.41, 5.74) is 0. The van der Waals surface area contributed by atoms with Gasteiger partial charge in [0.05, 0.1) is 18.6 Å². The van der Waals surface area contributed by atoms with Crippen molar-refractivity contribution in [1.29, 1.82) is 0 Å². The zero-order valence-corrected chi connectivity index (χ0v) is 19.8. The van der Waals surface area contributed by atoms with Crippen LogP contribution in [0.4, 0.5) is 0 Å². The molecule has 0 spiro atoms. The number of aliphatic hydroxyl groups excluding tert-OH is 1. The summed E-state index contributed by atoms with van der Waals surface area (Å²) in [6.45, 7) is 10.8. The Morgan fingerprint density at radius 1 is 1.18 bits per heavy atom. The van der Waals surface area contributed by atoms with Crippen molar-refractivity contribution in [3.63, 3.8) is 0 Å². The van der Waals surface area contributed by atoms with Gasteiger partial charge in [-0.05, 0) is 43.9 Å². The fourth-order valence-corrected chi connectivity index (χ4v) is 2.35. The molecule has 1 aliphatic rings. The molecular weight excluding hydrogens is 375 g/mol. The van der Waals surface area contributed by atoms with Crippen molar-refractivity contribution in [2.24, 2.45) is 17.8 Å². The fraction of sp³-hybridized carbons (Fsp3) is 0.750. The van der Waals surface area contributed by atoms with E-state index >= 15 is 0 Å². The van der Waals surface area contributed by atoms with E-state index in [2.05, 4.69) is 6.58 Å². The summed E-state index contributed by atoms with van der Waals surface area (Å²) in [6, 6.07) is 0. The first-order chi connectivity index (χ1) is 12.7. The molecule has 0 aromatic carbocycles. The van der Waals surface area contributed by atoms with Gasteiger partial charge in [0.15, 0.2) is 0 Å². The Morgan fingerprint density at radius 2 is 1.75 bits per heavy atom. The summed E-state index contributed by atoms with van der Waals surface area (Å²) < 4.78 is 10.3. The second-order valence-corrected chi connectivity index (χ2v) is 6.99. The number of carboxylic acids is 1. The minimum Gasteiger partial charge on any atom is -0.550 e. The van der Waals surface area contributed by atoms with Gasteiger partial charge in [-0.1, -0.05) is 34.3 Å². The van der Waals surface area contributed by atoms with Crippen LogP contribution in [-0.4, -0.2) is 41.8 Å². The van der Waals surface area contributed by atoms with Gasteiger partial charge in [-0.25, -0.2) is 4.79 Å². The predicted molar refractivity (Wildman–Crippen MR) is 98.3 cm³/mol. The van der Waals surface area contributed by atoms with Crippen molar-refractivity contribution < 1.29 is 63.6 Å². The van der Waals surface area contributed by atoms with Crippen molar-refractivity contribution in [3.05, 3.63) is 12.7 Å². The molecule has 0 aromatic rings. The Balaban J connectivity index is 0. The Bertz CT molecular complexity index is 495. The number of hydrogen-bond acceptors (Lipinski definition) is 7. The molecule has 0 aliphatic heterocycles. The molecule has 1 saturated carbocycles. The minimum atomic E-state index is -0.956. The second kappa shape index (κ2) is 16.0. The summed E-state index contributed by atoms with van der Waals surface area (Å²) in [5.74, 6) is -2.00. The van der Waals surface area contributed by atoms with E-state index in [1.807, 2.05) is 20.8 Å². The first-order valence-electron chi connectivity index (χ1n) is 9.54. The molecule has 1 aliphatic carbocycles. The number of carboxylic acid groups (broad SMARTS) is 1. The molecule has 8 heteroatoms. The topological polar surface area (TPSA) is 113 Å². The average molecular weight is 408 g/mol. The Kier molecular flexibility index (Phi) is 16.7. The first-order valence-corrected chi connectivity index (χ1v) is 9.54. The molecule has 5 unspecified atom stereocenters. The Hall–Kier alpha value is -0.890. The number of carbonyl (C=O) groups is 3. The molecule has 7 nitrogen and oxygen atoms in total. The van der Waals surface area contributed by atoms with Crippen LogP contribution in [0.1, 0.15) is 59.8 Å². The standard InChI is InChI=1S/C15H24O5.C5H10O2.Na/c1-4-10(3)15(18)20-13-7-6-11(8-12(13)16)9-19-14(17)5-2;1-3-4(2)5(6)7;/h5,10-13,16H,2,4,6-9H2,1,3H3;4H,3H2,1-2H3,(H,6,7);/q;;+1/p-1. The van der Waals surface area contributed by atoms with Crippen LogP contribution >= 0.6 is 0 Å². The monoisotopic (exact) mass is 408 g/mol. The molecule has 0 heterocycles. The molecule has 1 rings (SSSR count). The number of esters is 2. The zero-order valence-electron chi connectivity index (χ0n) is 17.8. The maximum atomic E-state index is 11.7. The maximum Gasteiger partial charge on any atom is 1.00 e. The summed E-state index contributed by atoms with van der Waals surface area (Å²) in [5, 5.41) is 19.8. The van der Waals surface area contributed by atoms with Crippen LogP contribution in [0, 0.1) is 17.8 Å². The third-order valence-electron chi connectivity index (χ3n) is 4.79. The van der Waals surface area contributed by atoms with Gasteiger partial charge in [-0.3, -0.25) is 4.79 Å². The van der Waals surface area contributed by atoms with E-state index < -0.39 is 24.1 Å². The molecule has 28 heavy (non-hydrogen) atoms. The smallest absolute Gasteiger partial charge is 0.550 e. The fourth-order valence-electron chi connectivity index (χ4n) is 2.35. The quantitative estimate of drug-likeness (QED) is 0.299. The number of rotatable bonds is 8. The first kappa shape index (κ1) is 29.3. The van der Waals surface area contributed by atoms with Gasteiger partial charge >= 0.3 is 41.5 Å². The van der Waals surface area contributed by atoms with Gasteiger partial charge in [-0.2, -0.15) is 0 Å². The van der Waals surface area contributed by atoms with Crippen LogP contribution in [-0.2, 0) is 23.9 Å². The Morgan fingerprint density at radius 3 is 2.14 bits per heavy atom. The third-order valence-corrected chi connectivity index (χ3v) is 4.79. The number of aliphatic carboxylic acids is 1. The summed E-state index contributed by atoms with van der Waals surface area (Å²) >= 11 is 0. The molecule has 0 radical (unpaired) electrons. The predicted octanol–water partition coefficient (Wildman–Crippen LogP) is -1.38. The van der Waals surface area contributed by atoms with Gasteiger partial charge in [0, 0.05) is 12.0 Å². The van der Waals surface area contributed by atoms with E-state index in [4.69, 9.17) is 9.47 Å². The molecule has 0 saturated heterocycles. The van der Waals surface area contributed by atoms with Crippen LogP contribution in [0.15, 0.2) is 12.7 Å². The number of ether oxygens (including phenoxy) is 2. The van der Waals surface area contributed by atoms with Crippen molar-refractivity contribution in [1.82, 2.24) is 0 Å². The molecule has 5 atom stereocenters. The van der Waals surface area contributed by atoms with E-state index in [1.54, 1.807) is 6.92 Å². The third kappa shape index (κ3) is 11.8. The number of hydrogen-bond donors (Lipinski definition) is 1. The van der Waals surface area contributed by atoms with Crippen molar-refractivity contribution >= 4 is 17.9 Å². The van der Waals surface area contributed by atoms with Crippen LogP contribution in [0.2, 0.25) is 0 Å². The normalized spacial score (nSPS) is 23.0. The van der Waals surface area contributed by atoms with Crippen molar-refractivity contribution in [3.8, 4) is 0 Å². The van der Waals surface area contributed by atoms with E-state index in [9.17, 15) is 24.6 Å². The molecule has 0 aromatic heterocycles. The molecule has 1 N–H and O–H groups in total. The number of carbonyl (C=O) groups excluding carboxylic acids is 3. The van der Waals surface area contributed by atoms with E-state index in [0.29, 0.717) is 19.3 Å². The van der Waals surface area contributed by atoms with Gasteiger partial charge in [0.25, 0.3) is 0 Å². The average Bonchev–Trinajstić information content (AvgIpc) is 2.66. The van der Waals surface area contributed by atoms with Gasteiger partial charge in [-0.15, -0.1) is 0 Å². The van der Waals surface area contributed by atoms with Crippen molar-refractivity contribution in [2.45, 2.75) is 72.0 Å². The molecular formula is C20H33NaO7. The van der Waals surface area contributed by atoms with E-state index in [1.165, 1.54) is 0 Å². The molecule has 0 amide bonds. The van der Waals surface area contributed by atoms with Crippen LogP contribution in [0.5, 0.6) is 0 Å². The van der Waals surface area contributed by atoms with Crippen molar-refractivity contribution in [2.75, 3.05) is 6.61 Å². The van der Waals surface area contributed by atoms with E-state index in [-0.39, 0.29) is 59.9 Å². The van der Waals surface area contributed by atoms with Gasteiger partial charge in [0.1, 0.15) is 6.10 Å². The summed E-state index contributed by atoms with van der Waals surface area (Å²) in [7, 11) is 0. The maximum absolute atomic E-state index is 11.7.